The van der Waals surface area contributed by atoms with E-state index >= 15 is 0 Å². The summed E-state index contributed by atoms with van der Waals surface area (Å²) in [6.07, 6.45) is 1.56. The normalized spacial score (nSPS) is 11.1. The van der Waals surface area contributed by atoms with E-state index in [1.54, 1.807) is 30.5 Å². The number of carbonyl (C=O) groups is 2. The highest BCUT2D eigenvalue weighted by molar-refractivity contribution is 5.92. The summed E-state index contributed by atoms with van der Waals surface area (Å²) in [6.45, 7) is 4.96. The van der Waals surface area contributed by atoms with E-state index in [9.17, 15) is 18.8 Å². The molecule has 174 valence electrons. The first kappa shape index (κ1) is 22.8. The number of hydrogen-bond donors (Lipinski definition) is 2. The smallest absolute Gasteiger partial charge is 0.293 e. The molecule has 2 amide bonds. The molecular formula is C24H23FN6O3. The van der Waals surface area contributed by atoms with Crippen LogP contribution in [0.25, 0.3) is 16.6 Å². The van der Waals surface area contributed by atoms with Crippen molar-refractivity contribution in [2.75, 3.05) is 10.6 Å². The molecule has 2 aromatic carbocycles. The van der Waals surface area contributed by atoms with E-state index in [1.165, 1.54) is 35.9 Å². The van der Waals surface area contributed by atoms with Crippen LogP contribution in [0.15, 0.2) is 59.5 Å². The number of amides is 2. The van der Waals surface area contributed by atoms with Crippen molar-refractivity contribution in [3.63, 3.8) is 0 Å². The molecular weight excluding hydrogens is 439 g/mol. The molecule has 34 heavy (non-hydrogen) atoms. The Hall–Kier alpha value is -4.34. The second kappa shape index (κ2) is 9.26. The molecule has 0 fully saturated rings. The minimum absolute atomic E-state index is 0.0374. The summed E-state index contributed by atoms with van der Waals surface area (Å²) in [5.74, 6) is -1.07. The monoisotopic (exact) mass is 462 g/mol. The molecule has 10 heteroatoms. The number of anilines is 2. The first-order valence-electron chi connectivity index (χ1n) is 10.6. The van der Waals surface area contributed by atoms with Crippen molar-refractivity contribution in [1.29, 1.82) is 0 Å². The fourth-order valence-corrected chi connectivity index (χ4v) is 3.58. The van der Waals surface area contributed by atoms with Crippen molar-refractivity contribution in [3.8, 4) is 5.69 Å². The first-order valence-corrected chi connectivity index (χ1v) is 10.6. The average molecular weight is 462 g/mol. The summed E-state index contributed by atoms with van der Waals surface area (Å²) >= 11 is 0. The molecule has 9 nitrogen and oxygen atoms in total. The molecule has 2 N–H and O–H groups in total. The number of nitrogens with one attached hydrogen (secondary N) is 2. The Morgan fingerprint density at radius 2 is 1.62 bits per heavy atom. The van der Waals surface area contributed by atoms with E-state index in [4.69, 9.17) is 0 Å². The van der Waals surface area contributed by atoms with Gasteiger partial charge in [-0.25, -0.2) is 13.8 Å². The van der Waals surface area contributed by atoms with Crippen LogP contribution in [-0.2, 0) is 16.1 Å². The maximum absolute atomic E-state index is 13.4. The van der Waals surface area contributed by atoms with Gasteiger partial charge in [0.1, 0.15) is 17.9 Å². The third kappa shape index (κ3) is 4.70. The zero-order valence-electron chi connectivity index (χ0n) is 18.9. The summed E-state index contributed by atoms with van der Waals surface area (Å²) in [6, 6.07) is 12.2. The minimum atomic E-state index is -0.489. The Bertz CT molecular complexity index is 1420. The molecule has 0 spiro atoms. The van der Waals surface area contributed by atoms with Gasteiger partial charge in [0.25, 0.3) is 5.56 Å². The van der Waals surface area contributed by atoms with Crippen LogP contribution >= 0.6 is 0 Å². The third-order valence-electron chi connectivity index (χ3n) is 5.11. The van der Waals surface area contributed by atoms with Crippen molar-refractivity contribution in [1.82, 2.24) is 19.6 Å². The number of rotatable bonds is 6. The van der Waals surface area contributed by atoms with Crippen molar-refractivity contribution in [3.05, 3.63) is 76.6 Å². The molecule has 0 atom stereocenters. The molecule has 0 bridgehead atoms. The lowest BCUT2D eigenvalue weighted by atomic mass is 10.1. The van der Waals surface area contributed by atoms with Gasteiger partial charge in [0.15, 0.2) is 0 Å². The fraction of sp³-hybridized carbons (Fsp3) is 0.208. The van der Waals surface area contributed by atoms with Crippen LogP contribution in [0.1, 0.15) is 32.4 Å². The van der Waals surface area contributed by atoms with Crippen molar-refractivity contribution in [2.45, 2.75) is 33.2 Å². The van der Waals surface area contributed by atoms with Gasteiger partial charge in [-0.05, 0) is 54.4 Å². The number of halogens is 1. The van der Waals surface area contributed by atoms with E-state index in [1.807, 2.05) is 13.8 Å². The zero-order valence-corrected chi connectivity index (χ0v) is 18.9. The Morgan fingerprint density at radius 3 is 2.21 bits per heavy atom. The number of aromatic nitrogens is 4. The van der Waals surface area contributed by atoms with E-state index in [0.29, 0.717) is 28.1 Å². The van der Waals surface area contributed by atoms with Crippen LogP contribution < -0.4 is 16.2 Å². The van der Waals surface area contributed by atoms with E-state index in [-0.39, 0.29) is 23.9 Å². The molecule has 0 saturated carbocycles. The van der Waals surface area contributed by atoms with Gasteiger partial charge in [-0.1, -0.05) is 13.8 Å². The van der Waals surface area contributed by atoms with E-state index in [0.717, 1.165) is 4.68 Å². The van der Waals surface area contributed by atoms with Crippen molar-refractivity contribution >= 4 is 34.1 Å². The molecule has 4 rings (SSSR count). The van der Waals surface area contributed by atoms with E-state index < -0.39 is 17.3 Å². The lowest BCUT2D eigenvalue weighted by Crippen LogP contribution is -2.31. The minimum Gasteiger partial charge on any atom is -0.326 e. The maximum atomic E-state index is 13.4. The second-order valence-electron chi connectivity index (χ2n) is 8.10. The third-order valence-corrected chi connectivity index (χ3v) is 5.11. The molecule has 2 aromatic heterocycles. The van der Waals surface area contributed by atoms with Crippen LogP contribution in [0, 0.1) is 5.82 Å². The Morgan fingerprint density at radius 1 is 1.00 bits per heavy atom. The first-order chi connectivity index (χ1) is 16.2. The predicted octanol–water partition coefficient (Wildman–Crippen LogP) is 3.44. The average Bonchev–Trinajstić information content (AvgIpc) is 3.22. The lowest BCUT2D eigenvalue weighted by molar-refractivity contribution is -0.117. The second-order valence-corrected chi connectivity index (χ2v) is 8.10. The summed E-state index contributed by atoms with van der Waals surface area (Å²) < 4.78 is 15.9. The van der Waals surface area contributed by atoms with Crippen LogP contribution in [-0.4, -0.2) is 31.4 Å². The zero-order chi connectivity index (χ0) is 24.4. The molecule has 0 unspecified atom stereocenters. The molecule has 0 saturated heterocycles. The topological polar surface area (TPSA) is 111 Å². The SMILES string of the molecule is CC(=O)Nc1ccc(NC(=O)Cn2nc(C(C)C)c3cnn(-c4ccc(F)cc4)c3c2=O)cc1. The molecule has 0 aliphatic rings. The van der Waals surface area contributed by atoms with Crippen molar-refractivity contribution < 1.29 is 14.0 Å². The quantitative estimate of drug-likeness (QED) is 0.456. The summed E-state index contributed by atoms with van der Waals surface area (Å²) in [5, 5.41) is 14.7. The molecule has 0 aliphatic carbocycles. The van der Waals surface area contributed by atoms with Crippen LogP contribution in [0.5, 0.6) is 0 Å². The summed E-state index contributed by atoms with van der Waals surface area (Å²) in [5.41, 5.74) is 2.02. The van der Waals surface area contributed by atoms with Crippen LogP contribution in [0.2, 0.25) is 0 Å². The van der Waals surface area contributed by atoms with Crippen LogP contribution in [0.4, 0.5) is 15.8 Å². The number of benzene rings is 2. The number of fused-ring (bicyclic) bond motifs is 1. The van der Waals surface area contributed by atoms with Gasteiger partial charge in [-0.15, -0.1) is 0 Å². The van der Waals surface area contributed by atoms with Gasteiger partial charge in [0.2, 0.25) is 11.8 Å². The highest BCUT2D eigenvalue weighted by atomic mass is 19.1. The van der Waals surface area contributed by atoms with Gasteiger partial charge in [0.05, 0.1) is 17.6 Å². The highest BCUT2D eigenvalue weighted by Crippen LogP contribution is 2.23. The number of hydrogen-bond acceptors (Lipinski definition) is 5. The van der Waals surface area contributed by atoms with Gasteiger partial charge in [0, 0.05) is 23.7 Å². The molecule has 2 heterocycles. The number of carbonyl (C=O) groups excluding carboxylic acids is 2. The fourth-order valence-electron chi connectivity index (χ4n) is 3.58. The predicted molar refractivity (Wildman–Crippen MR) is 127 cm³/mol. The van der Waals surface area contributed by atoms with Gasteiger partial charge < -0.3 is 10.6 Å². The van der Waals surface area contributed by atoms with Gasteiger partial charge >= 0.3 is 0 Å². The summed E-state index contributed by atoms with van der Waals surface area (Å²) in [7, 11) is 0. The number of nitrogens with zero attached hydrogens (tertiary/aromatic N) is 4. The van der Waals surface area contributed by atoms with Crippen molar-refractivity contribution in [2.24, 2.45) is 0 Å². The van der Waals surface area contributed by atoms with E-state index in [2.05, 4.69) is 20.8 Å². The molecule has 4 aromatic rings. The summed E-state index contributed by atoms with van der Waals surface area (Å²) in [4.78, 5) is 37.2. The lowest BCUT2D eigenvalue weighted by Gasteiger charge is -2.12. The Balaban J connectivity index is 1.66. The van der Waals surface area contributed by atoms with Crippen LogP contribution in [0.3, 0.4) is 0 Å². The molecule has 0 aliphatic heterocycles. The highest BCUT2D eigenvalue weighted by Gasteiger charge is 2.20. The standard InChI is InChI=1S/C24H23FN6O3/c1-14(2)22-20-12-26-31(19-10-4-16(25)5-11-19)23(20)24(34)30(29-22)13-21(33)28-18-8-6-17(7-9-18)27-15(3)32/h4-12,14H,13H2,1-3H3,(H,27,32)(H,28,33). The maximum Gasteiger partial charge on any atom is 0.293 e. The Kier molecular flexibility index (Phi) is 6.22. The molecule has 0 radical (unpaired) electrons. The van der Waals surface area contributed by atoms with Gasteiger partial charge in [-0.2, -0.15) is 10.2 Å². The Labute approximate surface area is 194 Å². The largest absolute Gasteiger partial charge is 0.326 e. The van der Waals surface area contributed by atoms with Gasteiger partial charge in [-0.3, -0.25) is 14.4 Å².